The highest BCUT2D eigenvalue weighted by Crippen LogP contribution is 2.52. The third-order valence-corrected chi connectivity index (χ3v) is 3.54. The number of halogens is 1. The van der Waals surface area contributed by atoms with E-state index in [0.717, 1.165) is 22.2 Å². The molecule has 14 heavy (non-hydrogen) atoms. The van der Waals surface area contributed by atoms with Crippen LogP contribution in [0.15, 0.2) is 22.7 Å². The normalized spacial score (nSPS) is 30.1. The van der Waals surface area contributed by atoms with Gasteiger partial charge in [0.2, 0.25) is 0 Å². The van der Waals surface area contributed by atoms with Gasteiger partial charge < -0.3 is 9.84 Å². The summed E-state index contributed by atoms with van der Waals surface area (Å²) in [5, 5.41) is 10.1. The molecular formula is C11H13BrO2. The molecule has 0 saturated heterocycles. The first-order valence-electron chi connectivity index (χ1n) is 4.64. The smallest absolute Gasteiger partial charge is 0.133 e. The summed E-state index contributed by atoms with van der Waals surface area (Å²) < 4.78 is 6.02. The molecule has 1 aliphatic rings. The summed E-state index contributed by atoms with van der Waals surface area (Å²) in [7, 11) is 1.63. The fraction of sp³-hybridized carbons (Fsp3) is 0.455. The minimum Gasteiger partial charge on any atom is -0.496 e. The number of hydrogen-bond donors (Lipinski definition) is 1. The lowest BCUT2D eigenvalue weighted by atomic mass is 10.1. The van der Waals surface area contributed by atoms with Gasteiger partial charge in [-0.15, -0.1) is 0 Å². The van der Waals surface area contributed by atoms with Crippen molar-refractivity contribution in [1.29, 1.82) is 0 Å². The molecule has 2 atom stereocenters. The summed E-state index contributed by atoms with van der Waals surface area (Å²) in [6.45, 7) is 2.05. The van der Waals surface area contributed by atoms with Gasteiger partial charge in [-0.1, -0.05) is 13.0 Å². The zero-order chi connectivity index (χ0) is 10.3. The highest BCUT2D eigenvalue weighted by atomic mass is 79.9. The van der Waals surface area contributed by atoms with Crippen LogP contribution in [0.2, 0.25) is 0 Å². The van der Waals surface area contributed by atoms with Gasteiger partial charge in [0.25, 0.3) is 0 Å². The first kappa shape index (κ1) is 9.99. The number of aliphatic hydroxyl groups is 1. The summed E-state index contributed by atoms with van der Waals surface area (Å²) >= 11 is 3.41. The molecule has 76 valence electrons. The van der Waals surface area contributed by atoms with Crippen molar-refractivity contribution in [3.05, 3.63) is 28.2 Å². The fourth-order valence-corrected chi connectivity index (χ4v) is 2.29. The van der Waals surface area contributed by atoms with Crippen molar-refractivity contribution in [3.8, 4) is 5.75 Å². The van der Waals surface area contributed by atoms with Gasteiger partial charge in [-0.05, 0) is 46.0 Å². The van der Waals surface area contributed by atoms with E-state index in [4.69, 9.17) is 4.74 Å². The molecule has 1 aromatic carbocycles. The molecule has 2 rings (SSSR count). The lowest BCUT2D eigenvalue weighted by Crippen LogP contribution is -2.07. The molecule has 0 radical (unpaired) electrons. The molecule has 1 saturated carbocycles. The predicted octanol–water partition coefficient (Wildman–Crippen LogP) is 2.69. The van der Waals surface area contributed by atoms with E-state index in [-0.39, 0.29) is 0 Å². The van der Waals surface area contributed by atoms with Crippen molar-refractivity contribution < 1.29 is 9.84 Å². The third-order valence-electron chi connectivity index (χ3n) is 2.92. The number of hydrogen-bond acceptors (Lipinski definition) is 2. The van der Waals surface area contributed by atoms with Gasteiger partial charge in [-0.2, -0.15) is 0 Å². The number of ether oxygens (including phenoxy) is 1. The van der Waals surface area contributed by atoms with Crippen LogP contribution in [0.4, 0.5) is 0 Å². The Balaban J connectivity index is 2.34. The topological polar surface area (TPSA) is 29.5 Å². The first-order chi connectivity index (χ1) is 6.58. The Hall–Kier alpha value is -0.540. The molecule has 3 heteroatoms. The maximum Gasteiger partial charge on any atom is 0.133 e. The van der Waals surface area contributed by atoms with Crippen LogP contribution in [0, 0.1) is 5.92 Å². The van der Waals surface area contributed by atoms with E-state index in [0.29, 0.717) is 5.92 Å². The molecule has 0 amide bonds. The Morgan fingerprint density at radius 1 is 1.57 bits per heavy atom. The third kappa shape index (κ3) is 1.44. The quantitative estimate of drug-likeness (QED) is 0.882. The summed E-state index contributed by atoms with van der Waals surface area (Å²) in [5.74, 6) is 1.16. The van der Waals surface area contributed by atoms with E-state index < -0.39 is 5.60 Å². The Labute approximate surface area is 92.0 Å². The Bertz CT molecular complexity index is 364. The second-order valence-electron chi connectivity index (χ2n) is 3.88. The Morgan fingerprint density at radius 2 is 2.21 bits per heavy atom. The minimum absolute atomic E-state index is 0.364. The molecule has 2 nitrogen and oxygen atoms in total. The molecule has 0 aliphatic heterocycles. The van der Waals surface area contributed by atoms with Crippen molar-refractivity contribution in [1.82, 2.24) is 0 Å². The summed E-state index contributed by atoms with van der Waals surface area (Å²) in [4.78, 5) is 0. The number of methoxy groups -OCH3 is 1. The maximum atomic E-state index is 10.1. The van der Waals surface area contributed by atoms with Gasteiger partial charge in [0, 0.05) is 0 Å². The van der Waals surface area contributed by atoms with Crippen molar-refractivity contribution in [2.75, 3.05) is 7.11 Å². The van der Waals surface area contributed by atoms with Crippen LogP contribution in [0.5, 0.6) is 5.75 Å². The largest absolute Gasteiger partial charge is 0.496 e. The summed E-state index contributed by atoms with van der Waals surface area (Å²) in [6, 6.07) is 5.73. The monoisotopic (exact) mass is 256 g/mol. The average Bonchev–Trinajstić information content (AvgIpc) is 2.76. The zero-order valence-corrected chi connectivity index (χ0v) is 9.84. The van der Waals surface area contributed by atoms with Gasteiger partial charge in [-0.3, -0.25) is 0 Å². The summed E-state index contributed by atoms with van der Waals surface area (Å²) in [6.07, 6.45) is 0.853. The van der Waals surface area contributed by atoms with Crippen molar-refractivity contribution in [3.63, 3.8) is 0 Å². The van der Waals surface area contributed by atoms with E-state index in [1.165, 1.54) is 0 Å². The summed E-state index contributed by atoms with van der Waals surface area (Å²) in [5.41, 5.74) is 0.368. The average molecular weight is 257 g/mol. The van der Waals surface area contributed by atoms with Crippen LogP contribution in [0.3, 0.4) is 0 Å². The fourth-order valence-electron chi connectivity index (χ4n) is 1.75. The zero-order valence-electron chi connectivity index (χ0n) is 8.25. The molecule has 0 spiro atoms. The van der Waals surface area contributed by atoms with E-state index in [2.05, 4.69) is 22.9 Å². The Kier molecular flexibility index (Phi) is 2.32. The van der Waals surface area contributed by atoms with Crippen LogP contribution >= 0.6 is 15.9 Å². The molecule has 1 N–H and O–H groups in total. The van der Waals surface area contributed by atoms with Gasteiger partial charge in [0.1, 0.15) is 5.75 Å². The van der Waals surface area contributed by atoms with Crippen LogP contribution in [0.25, 0.3) is 0 Å². The molecule has 1 aromatic rings. The second kappa shape index (κ2) is 3.24. The van der Waals surface area contributed by atoms with Gasteiger partial charge in [0.15, 0.2) is 0 Å². The number of benzene rings is 1. The van der Waals surface area contributed by atoms with Gasteiger partial charge >= 0.3 is 0 Å². The molecule has 0 aromatic heterocycles. The van der Waals surface area contributed by atoms with E-state index in [1.807, 2.05) is 18.2 Å². The Morgan fingerprint density at radius 3 is 2.64 bits per heavy atom. The van der Waals surface area contributed by atoms with Crippen LogP contribution in [-0.2, 0) is 5.60 Å². The lowest BCUT2D eigenvalue weighted by Gasteiger charge is -2.11. The molecule has 1 fully saturated rings. The number of rotatable bonds is 2. The SMILES string of the molecule is COc1ccc(C2(O)CC2C)cc1Br. The standard InChI is InChI=1S/C11H13BrO2/c1-7-6-11(7,13)8-3-4-10(14-2)9(12)5-8/h3-5,7,13H,6H2,1-2H3. The van der Waals surface area contributed by atoms with Crippen molar-refractivity contribution in [2.24, 2.45) is 5.92 Å². The van der Waals surface area contributed by atoms with Gasteiger partial charge in [-0.25, -0.2) is 0 Å². The van der Waals surface area contributed by atoms with E-state index in [1.54, 1.807) is 7.11 Å². The molecule has 2 unspecified atom stereocenters. The highest BCUT2D eigenvalue weighted by molar-refractivity contribution is 9.10. The first-order valence-corrected chi connectivity index (χ1v) is 5.43. The highest BCUT2D eigenvalue weighted by Gasteiger charge is 2.51. The maximum absolute atomic E-state index is 10.1. The molecular weight excluding hydrogens is 244 g/mol. The van der Waals surface area contributed by atoms with Gasteiger partial charge in [0.05, 0.1) is 17.2 Å². The lowest BCUT2D eigenvalue weighted by molar-refractivity contribution is 0.134. The molecule has 0 heterocycles. The van der Waals surface area contributed by atoms with Crippen LogP contribution < -0.4 is 4.74 Å². The van der Waals surface area contributed by atoms with E-state index >= 15 is 0 Å². The second-order valence-corrected chi connectivity index (χ2v) is 4.73. The minimum atomic E-state index is -0.602. The van der Waals surface area contributed by atoms with Crippen LogP contribution in [0.1, 0.15) is 18.9 Å². The molecule has 0 bridgehead atoms. The van der Waals surface area contributed by atoms with Crippen molar-refractivity contribution >= 4 is 15.9 Å². The molecule has 1 aliphatic carbocycles. The van der Waals surface area contributed by atoms with Crippen LogP contribution in [-0.4, -0.2) is 12.2 Å². The van der Waals surface area contributed by atoms with Crippen molar-refractivity contribution in [2.45, 2.75) is 18.9 Å². The van der Waals surface area contributed by atoms with E-state index in [9.17, 15) is 5.11 Å². The predicted molar refractivity (Wildman–Crippen MR) is 58.4 cm³/mol.